The Morgan fingerprint density at radius 3 is 2.26 bits per heavy atom. The number of rotatable bonds is 7. The van der Waals surface area contributed by atoms with E-state index < -0.39 is 27.0 Å². The Morgan fingerprint density at radius 2 is 1.83 bits per heavy atom. The molecule has 1 aromatic rings. The van der Waals surface area contributed by atoms with Crippen LogP contribution in [0.3, 0.4) is 0 Å². The molecule has 3 N–H and O–H groups in total. The molecule has 132 valence electrons. The van der Waals surface area contributed by atoms with E-state index in [2.05, 4.69) is 21.2 Å². The van der Waals surface area contributed by atoms with Crippen molar-refractivity contribution >= 4 is 44.1 Å². The Balaban J connectivity index is 0.00000484. The highest BCUT2D eigenvalue weighted by atomic mass is 79.9. The molecule has 0 aromatic heterocycles. The summed E-state index contributed by atoms with van der Waals surface area (Å²) in [5, 5.41) is 2.74. The lowest BCUT2D eigenvalue weighted by Crippen LogP contribution is -2.56. The Labute approximate surface area is 152 Å². The number of carbonyl (C=O) groups excluding carboxylic acids is 1. The molecule has 0 heterocycles. The molecule has 1 atom stereocenters. The van der Waals surface area contributed by atoms with Gasteiger partial charge in [-0.3, -0.25) is 4.79 Å². The fourth-order valence-corrected chi connectivity index (χ4v) is 3.41. The Hall–Kier alpha value is -0.630. The van der Waals surface area contributed by atoms with Gasteiger partial charge in [0.1, 0.15) is 5.75 Å². The van der Waals surface area contributed by atoms with E-state index in [0.29, 0.717) is 5.56 Å². The number of hydrogen-bond donors (Lipinski definition) is 2. The number of nitrogens with two attached hydrogens (primary N) is 1. The summed E-state index contributed by atoms with van der Waals surface area (Å²) in [6, 6.07) is 6.99. The van der Waals surface area contributed by atoms with Crippen LogP contribution in [-0.4, -0.2) is 32.2 Å². The van der Waals surface area contributed by atoms with Crippen molar-refractivity contribution in [3.05, 3.63) is 34.3 Å². The molecule has 1 aromatic carbocycles. The second-order valence-corrected chi connectivity index (χ2v) is 8.96. The number of benzene rings is 1. The van der Waals surface area contributed by atoms with Crippen molar-refractivity contribution in [3.8, 4) is 0 Å². The van der Waals surface area contributed by atoms with Crippen molar-refractivity contribution in [1.29, 1.82) is 0 Å². The van der Waals surface area contributed by atoms with Gasteiger partial charge >= 0.3 is 0 Å². The van der Waals surface area contributed by atoms with Crippen LogP contribution in [-0.2, 0) is 20.4 Å². The lowest BCUT2D eigenvalue weighted by atomic mass is 9.88. The molecule has 0 radical (unpaired) electrons. The maximum Gasteiger partial charge on any atom is 0.235 e. The van der Waals surface area contributed by atoms with Crippen LogP contribution in [0, 0.1) is 5.92 Å². The fraction of sp³-hybridized carbons (Fsp3) is 0.533. The number of sulfone groups is 1. The minimum Gasteiger partial charge on any atom is -0.349 e. The van der Waals surface area contributed by atoms with Crippen molar-refractivity contribution in [2.24, 2.45) is 11.7 Å². The Kier molecular flexibility index (Phi) is 8.76. The smallest absolute Gasteiger partial charge is 0.235 e. The molecule has 1 amide bonds. The first-order valence-electron chi connectivity index (χ1n) is 7.04. The van der Waals surface area contributed by atoms with E-state index in [9.17, 15) is 13.2 Å². The number of hydrogen-bond acceptors (Lipinski definition) is 4. The predicted molar refractivity (Wildman–Crippen MR) is 99.3 cm³/mol. The monoisotopic (exact) mass is 426 g/mol. The second kappa shape index (κ2) is 9.01. The minimum atomic E-state index is -3.52. The van der Waals surface area contributed by atoms with Crippen LogP contribution in [0.4, 0.5) is 0 Å². The first-order chi connectivity index (χ1) is 10.1. The lowest BCUT2D eigenvalue weighted by Gasteiger charge is -2.33. The average molecular weight is 428 g/mol. The van der Waals surface area contributed by atoms with Gasteiger partial charge in [-0.05, 0) is 30.5 Å². The molecule has 8 heteroatoms. The topological polar surface area (TPSA) is 89.3 Å². The van der Waals surface area contributed by atoms with Gasteiger partial charge in [-0.1, -0.05) is 41.9 Å². The zero-order valence-corrected chi connectivity index (χ0v) is 16.7. The van der Waals surface area contributed by atoms with E-state index in [4.69, 9.17) is 5.73 Å². The molecule has 0 fully saturated rings. The van der Waals surface area contributed by atoms with Crippen LogP contribution in [0.1, 0.15) is 26.3 Å². The second-order valence-electron chi connectivity index (χ2n) is 5.98. The van der Waals surface area contributed by atoms with Crippen molar-refractivity contribution in [2.75, 3.05) is 12.3 Å². The Bertz CT molecular complexity index is 620. The lowest BCUT2D eigenvalue weighted by molar-refractivity contribution is -0.120. The van der Waals surface area contributed by atoms with E-state index in [0.717, 1.165) is 4.47 Å². The van der Waals surface area contributed by atoms with E-state index in [1.807, 2.05) is 20.8 Å². The summed E-state index contributed by atoms with van der Waals surface area (Å²) < 4.78 is 25.1. The quantitative estimate of drug-likeness (QED) is 0.698. The largest absolute Gasteiger partial charge is 0.349 e. The van der Waals surface area contributed by atoms with Gasteiger partial charge in [0.25, 0.3) is 0 Å². The van der Waals surface area contributed by atoms with Gasteiger partial charge in [0.2, 0.25) is 5.91 Å². The Morgan fingerprint density at radius 1 is 1.30 bits per heavy atom. The van der Waals surface area contributed by atoms with Gasteiger partial charge in [0, 0.05) is 11.0 Å². The van der Waals surface area contributed by atoms with E-state index in [-0.39, 0.29) is 30.6 Å². The van der Waals surface area contributed by atoms with Crippen LogP contribution in [0.15, 0.2) is 28.7 Å². The van der Waals surface area contributed by atoms with E-state index in [1.54, 1.807) is 24.3 Å². The number of amides is 1. The van der Waals surface area contributed by atoms with Crippen LogP contribution < -0.4 is 11.1 Å². The zero-order valence-electron chi connectivity index (χ0n) is 13.5. The molecule has 1 rings (SSSR count). The number of carbonyl (C=O) groups is 1. The van der Waals surface area contributed by atoms with Gasteiger partial charge in [-0.25, -0.2) is 8.42 Å². The van der Waals surface area contributed by atoms with E-state index in [1.165, 1.54) is 0 Å². The SMILES string of the molecule is CC(C)C(C)(CN)NC(=O)CS(=O)(=O)Cc1ccc(Br)cc1.Cl. The fourth-order valence-electron chi connectivity index (χ4n) is 1.87. The molecule has 0 aliphatic carbocycles. The highest BCUT2D eigenvalue weighted by Crippen LogP contribution is 2.16. The third kappa shape index (κ3) is 7.20. The molecule has 1 unspecified atom stereocenters. The van der Waals surface area contributed by atoms with Crippen LogP contribution in [0.5, 0.6) is 0 Å². The summed E-state index contributed by atoms with van der Waals surface area (Å²) in [4.78, 5) is 12.0. The van der Waals surface area contributed by atoms with Crippen molar-refractivity contribution < 1.29 is 13.2 Å². The van der Waals surface area contributed by atoms with Gasteiger partial charge in [-0.15, -0.1) is 12.4 Å². The normalized spacial score (nSPS) is 14.0. The third-order valence-electron chi connectivity index (χ3n) is 3.77. The minimum absolute atomic E-state index is 0. The standard InChI is InChI=1S/C15H23BrN2O3S.ClH/c1-11(2)15(3,10-17)18-14(19)9-22(20,21)8-12-4-6-13(16)7-5-12;/h4-7,11H,8-10,17H2,1-3H3,(H,18,19);1H. The predicted octanol–water partition coefficient (Wildman–Crippen LogP) is 2.28. The van der Waals surface area contributed by atoms with E-state index >= 15 is 0 Å². The summed E-state index contributed by atoms with van der Waals surface area (Å²) in [5.41, 5.74) is 5.74. The summed E-state index contributed by atoms with van der Waals surface area (Å²) in [7, 11) is -3.52. The summed E-state index contributed by atoms with van der Waals surface area (Å²) >= 11 is 3.29. The molecule has 23 heavy (non-hydrogen) atoms. The van der Waals surface area contributed by atoms with Gasteiger partial charge in [-0.2, -0.15) is 0 Å². The van der Waals surface area contributed by atoms with Crippen LogP contribution in [0.2, 0.25) is 0 Å². The molecule has 0 aliphatic rings. The highest BCUT2D eigenvalue weighted by molar-refractivity contribution is 9.10. The molecular formula is C15H24BrClN2O3S. The number of nitrogens with one attached hydrogen (secondary N) is 1. The maximum absolute atomic E-state index is 12.1. The average Bonchev–Trinajstić information content (AvgIpc) is 2.39. The van der Waals surface area contributed by atoms with Gasteiger partial charge < -0.3 is 11.1 Å². The van der Waals surface area contributed by atoms with Crippen molar-refractivity contribution in [2.45, 2.75) is 32.1 Å². The summed E-state index contributed by atoms with van der Waals surface area (Å²) in [5.74, 6) is -1.10. The zero-order chi connectivity index (χ0) is 17.0. The van der Waals surface area contributed by atoms with Crippen LogP contribution >= 0.6 is 28.3 Å². The maximum atomic E-state index is 12.1. The molecular weight excluding hydrogens is 404 g/mol. The van der Waals surface area contributed by atoms with Gasteiger partial charge in [0.15, 0.2) is 9.84 Å². The molecule has 0 aliphatic heterocycles. The molecule has 0 saturated carbocycles. The molecule has 0 bridgehead atoms. The van der Waals surface area contributed by atoms with Gasteiger partial charge in [0.05, 0.1) is 11.3 Å². The molecule has 5 nitrogen and oxygen atoms in total. The molecule has 0 spiro atoms. The first-order valence-corrected chi connectivity index (χ1v) is 9.65. The first kappa shape index (κ1) is 22.4. The summed E-state index contributed by atoms with van der Waals surface area (Å²) in [6.45, 7) is 5.94. The highest BCUT2D eigenvalue weighted by Gasteiger charge is 2.30. The summed E-state index contributed by atoms with van der Waals surface area (Å²) in [6.07, 6.45) is 0. The molecule has 0 saturated heterocycles. The van der Waals surface area contributed by atoms with Crippen molar-refractivity contribution in [1.82, 2.24) is 5.32 Å². The third-order valence-corrected chi connectivity index (χ3v) is 5.78. The van der Waals surface area contributed by atoms with Crippen LogP contribution in [0.25, 0.3) is 0 Å². The van der Waals surface area contributed by atoms with Crippen molar-refractivity contribution in [3.63, 3.8) is 0 Å². The number of halogens is 2.